The van der Waals surface area contributed by atoms with Crippen molar-refractivity contribution in [2.75, 3.05) is 14.2 Å². The lowest BCUT2D eigenvalue weighted by molar-refractivity contribution is 0.0727. The molecule has 6 heteroatoms. The van der Waals surface area contributed by atoms with Crippen LogP contribution < -0.4 is 14.2 Å². The minimum Gasteiger partial charge on any atom is -0.493 e. The third-order valence-electron chi connectivity index (χ3n) is 5.48. The van der Waals surface area contributed by atoms with Crippen molar-refractivity contribution in [3.63, 3.8) is 0 Å². The number of methoxy groups -OCH3 is 2. The Morgan fingerprint density at radius 3 is 2.19 bits per heavy atom. The van der Waals surface area contributed by atoms with Crippen LogP contribution >= 0.6 is 0 Å². The molecule has 32 heavy (non-hydrogen) atoms. The van der Waals surface area contributed by atoms with Crippen molar-refractivity contribution < 1.29 is 23.4 Å². The molecule has 1 saturated carbocycles. The molecule has 0 bridgehead atoms. The number of amides is 1. The Hall–Kier alpha value is -3.54. The fraction of sp³-hybridized carbons (Fsp3) is 0.269. The zero-order valence-electron chi connectivity index (χ0n) is 18.2. The molecule has 0 saturated heterocycles. The summed E-state index contributed by atoms with van der Waals surface area (Å²) >= 11 is 0. The third-order valence-corrected chi connectivity index (χ3v) is 5.48. The lowest BCUT2D eigenvalue weighted by Gasteiger charge is -2.24. The Balaban J connectivity index is 1.60. The number of rotatable bonds is 9. The molecular weight excluding hydrogens is 409 g/mol. The molecule has 0 radical (unpaired) electrons. The predicted octanol–water partition coefficient (Wildman–Crippen LogP) is 5.23. The Labute approximate surface area is 187 Å². The summed E-state index contributed by atoms with van der Waals surface area (Å²) in [4.78, 5) is 15.1. The van der Waals surface area contributed by atoms with Crippen LogP contribution in [0, 0.1) is 5.82 Å². The van der Waals surface area contributed by atoms with E-state index in [1.54, 1.807) is 35.2 Å². The maximum absolute atomic E-state index is 14.2. The van der Waals surface area contributed by atoms with Crippen LogP contribution in [0.25, 0.3) is 0 Å². The van der Waals surface area contributed by atoms with Gasteiger partial charge in [0.25, 0.3) is 5.91 Å². The van der Waals surface area contributed by atoms with E-state index in [4.69, 9.17) is 14.2 Å². The number of carbonyl (C=O) groups is 1. The normalized spacial score (nSPS) is 12.8. The highest BCUT2D eigenvalue weighted by atomic mass is 19.1. The highest BCUT2D eigenvalue weighted by Crippen LogP contribution is 2.40. The third kappa shape index (κ3) is 4.85. The first-order chi connectivity index (χ1) is 15.6. The summed E-state index contributed by atoms with van der Waals surface area (Å²) < 4.78 is 31.2. The van der Waals surface area contributed by atoms with E-state index in [0.717, 1.165) is 18.4 Å². The minimum absolute atomic E-state index is 0.105. The fourth-order valence-electron chi connectivity index (χ4n) is 3.60. The quantitative estimate of drug-likeness (QED) is 0.462. The Bertz CT molecular complexity index is 1060. The zero-order chi connectivity index (χ0) is 22.5. The highest BCUT2D eigenvalue weighted by molar-refractivity contribution is 5.96. The van der Waals surface area contributed by atoms with E-state index in [1.807, 2.05) is 30.3 Å². The fourth-order valence-corrected chi connectivity index (χ4v) is 3.60. The number of halogens is 1. The van der Waals surface area contributed by atoms with Crippen molar-refractivity contribution in [3.05, 3.63) is 89.2 Å². The molecule has 1 aliphatic carbocycles. The van der Waals surface area contributed by atoms with Gasteiger partial charge in [-0.05, 0) is 36.6 Å². The molecular formula is C26H26FNO4. The molecule has 0 spiro atoms. The second-order valence-electron chi connectivity index (χ2n) is 7.74. The van der Waals surface area contributed by atoms with Gasteiger partial charge in [-0.15, -0.1) is 0 Å². The molecule has 1 amide bonds. The molecule has 0 heterocycles. The average Bonchev–Trinajstić information content (AvgIpc) is 3.67. The summed E-state index contributed by atoms with van der Waals surface area (Å²) in [6.45, 7) is 0.551. The molecule has 0 aliphatic heterocycles. The van der Waals surface area contributed by atoms with Crippen LogP contribution in [0.4, 0.5) is 4.39 Å². The molecule has 0 aromatic heterocycles. The summed E-state index contributed by atoms with van der Waals surface area (Å²) in [5.74, 6) is 0.741. The van der Waals surface area contributed by atoms with Crippen LogP contribution in [-0.2, 0) is 13.2 Å². The van der Waals surface area contributed by atoms with Crippen LogP contribution in [0.2, 0.25) is 0 Å². The SMILES string of the molecule is COc1cc(C(=O)N(Cc2ccccc2F)C2CC2)cc(OC)c1OCc1ccccc1. The Morgan fingerprint density at radius 1 is 0.969 bits per heavy atom. The highest BCUT2D eigenvalue weighted by Gasteiger charge is 2.34. The molecule has 3 aromatic rings. The van der Waals surface area contributed by atoms with Gasteiger partial charge in [0.1, 0.15) is 12.4 Å². The first-order valence-electron chi connectivity index (χ1n) is 10.6. The van der Waals surface area contributed by atoms with Crippen molar-refractivity contribution >= 4 is 5.91 Å². The largest absolute Gasteiger partial charge is 0.493 e. The number of hydrogen-bond acceptors (Lipinski definition) is 4. The Morgan fingerprint density at radius 2 is 1.59 bits per heavy atom. The summed E-state index contributed by atoms with van der Waals surface area (Å²) in [6, 6.07) is 19.7. The van der Waals surface area contributed by atoms with E-state index in [2.05, 4.69) is 0 Å². The molecule has 1 fully saturated rings. The van der Waals surface area contributed by atoms with Gasteiger partial charge in [0, 0.05) is 23.7 Å². The molecule has 5 nitrogen and oxygen atoms in total. The summed E-state index contributed by atoms with van der Waals surface area (Å²) in [5, 5.41) is 0. The molecule has 4 rings (SSSR count). The average molecular weight is 435 g/mol. The number of nitrogens with zero attached hydrogens (tertiary/aromatic N) is 1. The van der Waals surface area contributed by atoms with Gasteiger partial charge in [-0.25, -0.2) is 4.39 Å². The van der Waals surface area contributed by atoms with Gasteiger partial charge in [-0.3, -0.25) is 4.79 Å². The van der Waals surface area contributed by atoms with Crippen LogP contribution in [0.5, 0.6) is 17.2 Å². The van der Waals surface area contributed by atoms with Gasteiger partial charge in [0.05, 0.1) is 14.2 Å². The molecule has 0 N–H and O–H groups in total. The minimum atomic E-state index is -0.314. The van der Waals surface area contributed by atoms with Crippen LogP contribution in [0.15, 0.2) is 66.7 Å². The van der Waals surface area contributed by atoms with E-state index in [0.29, 0.717) is 35.0 Å². The van der Waals surface area contributed by atoms with E-state index in [9.17, 15) is 9.18 Å². The van der Waals surface area contributed by atoms with Gasteiger partial charge in [-0.1, -0.05) is 48.5 Å². The second-order valence-corrected chi connectivity index (χ2v) is 7.74. The lowest BCUT2D eigenvalue weighted by atomic mass is 10.1. The van der Waals surface area contributed by atoms with Crippen LogP contribution in [0.3, 0.4) is 0 Å². The van der Waals surface area contributed by atoms with Crippen molar-refractivity contribution in [1.82, 2.24) is 4.90 Å². The van der Waals surface area contributed by atoms with Gasteiger partial charge in [0.15, 0.2) is 11.5 Å². The molecule has 0 atom stereocenters. The van der Waals surface area contributed by atoms with Gasteiger partial charge >= 0.3 is 0 Å². The summed E-state index contributed by atoms with van der Waals surface area (Å²) in [5.41, 5.74) is 1.91. The first-order valence-corrected chi connectivity index (χ1v) is 10.6. The van der Waals surface area contributed by atoms with E-state index < -0.39 is 0 Å². The smallest absolute Gasteiger partial charge is 0.254 e. The molecule has 0 unspecified atom stereocenters. The zero-order valence-corrected chi connectivity index (χ0v) is 18.2. The van der Waals surface area contributed by atoms with E-state index in [-0.39, 0.29) is 24.3 Å². The predicted molar refractivity (Wildman–Crippen MR) is 120 cm³/mol. The summed E-state index contributed by atoms with van der Waals surface area (Å²) in [6.07, 6.45) is 1.82. The van der Waals surface area contributed by atoms with Gasteiger partial charge < -0.3 is 19.1 Å². The molecule has 3 aromatic carbocycles. The molecule has 166 valence electrons. The number of benzene rings is 3. The van der Waals surface area contributed by atoms with E-state index in [1.165, 1.54) is 20.3 Å². The van der Waals surface area contributed by atoms with Crippen molar-refractivity contribution in [3.8, 4) is 17.2 Å². The number of carbonyl (C=O) groups excluding carboxylic acids is 1. The lowest BCUT2D eigenvalue weighted by Crippen LogP contribution is -2.33. The summed E-state index contributed by atoms with van der Waals surface area (Å²) in [7, 11) is 3.05. The first kappa shape index (κ1) is 21.7. The number of hydrogen-bond donors (Lipinski definition) is 0. The maximum Gasteiger partial charge on any atom is 0.254 e. The molecule has 1 aliphatic rings. The van der Waals surface area contributed by atoms with Gasteiger partial charge in [0.2, 0.25) is 5.75 Å². The van der Waals surface area contributed by atoms with Crippen molar-refractivity contribution in [1.29, 1.82) is 0 Å². The standard InChI is InChI=1S/C26H26FNO4/c1-30-23-14-20(15-24(31-2)25(23)32-17-18-8-4-3-5-9-18)26(29)28(21-12-13-21)16-19-10-6-7-11-22(19)27/h3-11,14-15,21H,12-13,16-17H2,1-2H3. The maximum atomic E-state index is 14.2. The van der Waals surface area contributed by atoms with Crippen LogP contribution in [-0.4, -0.2) is 31.1 Å². The van der Waals surface area contributed by atoms with Gasteiger partial charge in [-0.2, -0.15) is 0 Å². The monoisotopic (exact) mass is 435 g/mol. The Kier molecular flexibility index (Phi) is 6.59. The van der Waals surface area contributed by atoms with Crippen molar-refractivity contribution in [2.24, 2.45) is 0 Å². The van der Waals surface area contributed by atoms with Crippen molar-refractivity contribution in [2.45, 2.75) is 32.0 Å². The topological polar surface area (TPSA) is 48.0 Å². The second kappa shape index (κ2) is 9.73. The van der Waals surface area contributed by atoms with E-state index >= 15 is 0 Å². The number of ether oxygens (including phenoxy) is 3. The van der Waals surface area contributed by atoms with Crippen LogP contribution in [0.1, 0.15) is 34.3 Å².